The lowest BCUT2D eigenvalue weighted by atomic mass is 10.0. The van der Waals surface area contributed by atoms with Crippen molar-refractivity contribution in [2.45, 2.75) is 30.3 Å². The number of hydrogen-bond donors (Lipinski definition) is 1. The van der Waals surface area contributed by atoms with Crippen LogP contribution < -0.4 is 5.32 Å². The minimum Gasteiger partial charge on any atom is -0.354 e. The Morgan fingerprint density at radius 3 is 2.24 bits per heavy atom. The van der Waals surface area contributed by atoms with Gasteiger partial charge in [0.2, 0.25) is 3.79 Å². The van der Waals surface area contributed by atoms with Crippen molar-refractivity contribution in [3.8, 4) is 0 Å². The average Bonchev–Trinajstić information content (AvgIpc) is 2.44. The normalized spacial score (nSPS) is 12.8. The molecule has 1 amide bonds. The monoisotopic (exact) mass is 351 g/mol. The van der Waals surface area contributed by atoms with Crippen molar-refractivity contribution in [1.29, 1.82) is 0 Å². The fourth-order valence-electron chi connectivity index (χ4n) is 1.70. The molecule has 0 aliphatic heterocycles. The molecule has 0 heterocycles. The van der Waals surface area contributed by atoms with Gasteiger partial charge in [-0.3, -0.25) is 9.59 Å². The van der Waals surface area contributed by atoms with Gasteiger partial charge in [0, 0.05) is 18.6 Å². The third kappa shape index (κ3) is 5.15. The van der Waals surface area contributed by atoms with E-state index < -0.39 is 15.9 Å². The summed E-state index contributed by atoms with van der Waals surface area (Å²) in [5, 5.41) is 2.48. The highest BCUT2D eigenvalue weighted by atomic mass is 35.6. The van der Waals surface area contributed by atoms with Crippen LogP contribution in [0.1, 0.15) is 41.0 Å². The number of benzene rings is 1. The number of alkyl halides is 3. The van der Waals surface area contributed by atoms with Gasteiger partial charge in [-0.2, -0.15) is 0 Å². The Morgan fingerprint density at radius 1 is 1.19 bits per heavy atom. The number of nitrogens with one attached hydrogen (secondary N) is 1. The van der Waals surface area contributed by atoms with E-state index in [4.69, 9.17) is 39.5 Å². The molecule has 0 fully saturated rings. The SMILES string of the molecule is CCOC(NC(=O)c1ccccc1C(=O)CC)C(Cl)(Cl)Cl. The number of Topliss-reactive ketones (excluding diaryl/α,β-unsaturated/α-hetero) is 1. The molecule has 0 aliphatic rings. The van der Waals surface area contributed by atoms with Crippen LogP contribution in [0.3, 0.4) is 0 Å². The van der Waals surface area contributed by atoms with Gasteiger partial charge >= 0.3 is 0 Å². The van der Waals surface area contributed by atoms with Gasteiger partial charge in [-0.25, -0.2) is 0 Å². The van der Waals surface area contributed by atoms with E-state index in [2.05, 4.69) is 5.32 Å². The van der Waals surface area contributed by atoms with Crippen LogP contribution >= 0.6 is 34.8 Å². The molecule has 21 heavy (non-hydrogen) atoms. The zero-order valence-corrected chi connectivity index (χ0v) is 13.9. The van der Waals surface area contributed by atoms with Crippen molar-refractivity contribution in [3.05, 3.63) is 35.4 Å². The van der Waals surface area contributed by atoms with E-state index >= 15 is 0 Å². The van der Waals surface area contributed by atoms with E-state index in [-0.39, 0.29) is 18.0 Å². The van der Waals surface area contributed by atoms with Gasteiger partial charge < -0.3 is 10.1 Å². The second kappa shape index (κ2) is 7.99. The molecule has 0 aromatic heterocycles. The topological polar surface area (TPSA) is 55.4 Å². The van der Waals surface area contributed by atoms with Gasteiger partial charge in [0.05, 0.1) is 5.56 Å². The fraction of sp³-hybridized carbons (Fsp3) is 0.429. The predicted molar refractivity (Wildman–Crippen MR) is 84.2 cm³/mol. The third-order valence-corrected chi connectivity index (χ3v) is 3.28. The average molecular weight is 353 g/mol. The Bertz CT molecular complexity index is 514. The first-order valence-electron chi connectivity index (χ1n) is 6.42. The number of carbonyl (C=O) groups excluding carboxylic acids is 2. The third-order valence-electron chi connectivity index (χ3n) is 2.69. The molecule has 0 saturated heterocycles. The highest BCUT2D eigenvalue weighted by molar-refractivity contribution is 6.68. The fourth-order valence-corrected chi connectivity index (χ4v) is 2.05. The van der Waals surface area contributed by atoms with Crippen molar-refractivity contribution in [2.24, 2.45) is 0 Å². The molecule has 1 unspecified atom stereocenters. The lowest BCUT2D eigenvalue weighted by molar-refractivity contribution is 0.0367. The summed E-state index contributed by atoms with van der Waals surface area (Å²) in [6.07, 6.45) is -0.811. The molecule has 116 valence electrons. The Labute approximate surface area is 138 Å². The maximum Gasteiger partial charge on any atom is 0.254 e. The quantitative estimate of drug-likeness (QED) is 0.482. The lowest BCUT2D eigenvalue weighted by Gasteiger charge is -2.25. The van der Waals surface area contributed by atoms with E-state index in [1.54, 1.807) is 38.1 Å². The van der Waals surface area contributed by atoms with Gasteiger partial charge in [-0.05, 0) is 13.0 Å². The highest BCUT2D eigenvalue weighted by Gasteiger charge is 2.35. The first-order valence-corrected chi connectivity index (χ1v) is 7.56. The number of amides is 1. The summed E-state index contributed by atoms with van der Waals surface area (Å²) in [4.78, 5) is 24.2. The molecular weight excluding hydrogens is 337 g/mol. The Hall–Kier alpha value is -0.810. The van der Waals surface area contributed by atoms with Gasteiger partial charge in [0.25, 0.3) is 5.91 Å². The first-order chi connectivity index (χ1) is 9.81. The summed E-state index contributed by atoms with van der Waals surface area (Å²) in [6, 6.07) is 6.48. The molecule has 1 atom stereocenters. The van der Waals surface area contributed by atoms with Crippen LogP contribution in [0.4, 0.5) is 0 Å². The van der Waals surface area contributed by atoms with Crippen molar-refractivity contribution < 1.29 is 14.3 Å². The van der Waals surface area contributed by atoms with Crippen molar-refractivity contribution in [1.82, 2.24) is 5.32 Å². The zero-order chi connectivity index (χ0) is 16.0. The second-order valence-corrected chi connectivity index (χ2v) is 6.54. The molecular formula is C14H16Cl3NO3. The Kier molecular flexibility index (Phi) is 6.94. The van der Waals surface area contributed by atoms with Crippen LogP contribution in [0.5, 0.6) is 0 Å². The lowest BCUT2D eigenvalue weighted by Crippen LogP contribution is -2.46. The standard InChI is InChI=1S/C14H16Cl3NO3/c1-3-11(19)9-7-5-6-8-10(9)12(20)18-13(21-4-2)14(15,16)17/h5-8,13H,3-4H2,1-2H3,(H,18,20). The van der Waals surface area contributed by atoms with Crippen LogP contribution in [0.15, 0.2) is 24.3 Å². The van der Waals surface area contributed by atoms with E-state index in [0.717, 1.165) is 0 Å². The minimum absolute atomic E-state index is 0.136. The van der Waals surface area contributed by atoms with Gasteiger partial charge in [-0.15, -0.1) is 0 Å². The molecule has 0 aliphatic carbocycles. The largest absolute Gasteiger partial charge is 0.354 e. The van der Waals surface area contributed by atoms with Gasteiger partial charge in [-0.1, -0.05) is 59.9 Å². The number of ketones is 1. The Morgan fingerprint density at radius 2 is 1.76 bits per heavy atom. The number of carbonyl (C=O) groups is 2. The molecule has 0 bridgehead atoms. The second-order valence-electron chi connectivity index (χ2n) is 4.17. The summed E-state index contributed by atoms with van der Waals surface area (Å²) < 4.78 is 3.40. The summed E-state index contributed by atoms with van der Waals surface area (Å²) in [7, 11) is 0. The molecule has 1 aromatic rings. The maximum absolute atomic E-state index is 12.3. The highest BCUT2D eigenvalue weighted by Crippen LogP contribution is 2.31. The summed E-state index contributed by atoms with van der Waals surface area (Å²) in [6.45, 7) is 3.69. The first kappa shape index (κ1) is 18.2. The molecule has 0 radical (unpaired) electrons. The van der Waals surface area contributed by atoms with E-state index in [1.165, 1.54) is 0 Å². The zero-order valence-electron chi connectivity index (χ0n) is 11.7. The van der Waals surface area contributed by atoms with Crippen LogP contribution in [0.2, 0.25) is 0 Å². The van der Waals surface area contributed by atoms with Crippen LogP contribution in [0, 0.1) is 0 Å². The van der Waals surface area contributed by atoms with Gasteiger partial charge in [0.15, 0.2) is 12.0 Å². The molecule has 0 spiro atoms. The maximum atomic E-state index is 12.3. The molecule has 1 aromatic carbocycles. The van der Waals surface area contributed by atoms with E-state index in [9.17, 15) is 9.59 Å². The smallest absolute Gasteiger partial charge is 0.254 e. The number of rotatable bonds is 6. The van der Waals surface area contributed by atoms with Gasteiger partial charge in [0.1, 0.15) is 0 Å². The number of halogens is 3. The predicted octanol–water partition coefficient (Wildman–Crippen LogP) is 3.74. The van der Waals surface area contributed by atoms with Crippen LogP contribution in [0.25, 0.3) is 0 Å². The number of hydrogen-bond acceptors (Lipinski definition) is 3. The van der Waals surface area contributed by atoms with E-state index in [1.807, 2.05) is 0 Å². The summed E-state index contributed by atoms with van der Waals surface area (Å²) in [5.41, 5.74) is 0.556. The molecule has 7 heteroatoms. The van der Waals surface area contributed by atoms with Crippen molar-refractivity contribution in [3.63, 3.8) is 0 Å². The molecule has 1 N–H and O–H groups in total. The summed E-state index contributed by atoms with van der Waals surface area (Å²) in [5.74, 6) is -0.667. The summed E-state index contributed by atoms with van der Waals surface area (Å²) >= 11 is 17.3. The Balaban J connectivity index is 3.01. The molecule has 0 saturated carbocycles. The van der Waals surface area contributed by atoms with Crippen LogP contribution in [-0.2, 0) is 4.74 Å². The molecule has 4 nitrogen and oxygen atoms in total. The van der Waals surface area contributed by atoms with Crippen LogP contribution in [-0.4, -0.2) is 28.3 Å². The van der Waals surface area contributed by atoms with E-state index in [0.29, 0.717) is 12.0 Å². The number of ether oxygens (including phenoxy) is 1. The minimum atomic E-state index is -1.81. The van der Waals surface area contributed by atoms with Crippen molar-refractivity contribution >= 4 is 46.5 Å². The van der Waals surface area contributed by atoms with Crippen molar-refractivity contribution in [2.75, 3.05) is 6.61 Å². The molecule has 1 rings (SSSR count).